The van der Waals surface area contributed by atoms with Gasteiger partial charge in [0.2, 0.25) is 5.91 Å². The van der Waals surface area contributed by atoms with Crippen molar-refractivity contribution in [1.82, 2.24) is 5.32 Å². The minimum Gasteiger partial charge on any atom is -0.481 e. The number of unbranched alkanes of at least 4 members (excludes halogenated alkanes) is 1. The zero-order chi connectivity index (χ0) is 13.1. The second-order valence-electron chi connectivity index (χ2n) is 4.44. The highest BCUT2D eigenvalue weighted by Crippen LogP contribution is 2.08. The van der Waals surface area contributed by atoms with Crippen LogP contribution in [-0.4, -0.2) is 35.0 Å². The third-order valence-electron chi connectivity index (χ3n) is 2.21. The summed E-state index contributed by atoms with van der Waals surface area (Å²) in [6.07, 6.45) is 2.67. The van der Waals surface area contributed by atoms with Crippen molar-refractivity contribution in [2.75, 3.05) is 18.1 Å². The summed E-state index contributed by atoms with van der Waals surface area (Å²) >= 11 is 1.65. The minimum atomic E-state index is -0.777. The predicted molar refractivity (Wildman–Crippen MR) is 71.3 cm³/mol. The van der Waals surface area contributed by atoms with Crippen molar-refractivity contribution in [3.8, 4) is 0 Å². The summed E-state index contributed by atoms with van der Waals surface area (Å²) in [4.78, 5) is 21.6. The number of aliphatic carboxylic acids is 1. The molecule has 5 heteroatoms. The van der Waals surface area contributed by atoms with Gasteiger partial charge in [0.15, 0.2) is 0 Å². The van der Waals surface area contributed by atoms with Gasteiger partial charge in [-0.05, 0) is 30.9 Å². The lowest BCUT2D eigenvalue weighted by Gasteiger charge is -2.05. The van der Waals surface area contributed by atoms with E-state index in [1.54, 1.807) is 11.8 Å². The Morgan fingerprint density at radius 3 is 2.59 bits per heavy atom. The molecule has 0 heterocycles. The number of hydrogen-bond donors (Lipinski definition) is 2. The van der Waals surface area contributed by atoms with Crippen molar-refractivity contribution in [2.24, 2.45) is 5.92 Å². The standard InChI is InChI=1S/C12H23NO3S/c1-10(2)6-8-17-9-11(14)13-7-4-3-5-12(15)16/h10H,3-9H2,1-2H3,(H,13,14)(H,15,16). The molecule has 0 aliphatic carbocycles. The summed E-state index contributed by atoms with van der Waals surface area (Å²) in [6, 6.07) is 0. The normalized spacial score (nSPS) is 10.5. The molecule has 0 aliphatic rings. The predicted octanol–water partition coefficient (Wildman–Crippen LogP) is 2.14. The second-order valence-corrected chi connectivity index (χ2v) is 5.54. The number of rotatable bonds is 10. The summed E-state index contributed by atoms with van der Waals surface area (Å²) in [5.74, 6) is 1.48. The van der Waals surface area contributed by atoms with Gasteiger partial charge in [-0.2, -0.15) is 11.8 Å². The first-order valence-corrected chi connectivity index (χ1v) is 7.24. The monoisotopic (exact) mass is 261 g/mol. The Hall–Kier alpha value is -0.710. The zero-order valence-corrected chi connectivity index (χ0v) is 11.5. The molecule has 0 aromatic carbocycles. The number of thioether (sulfide) groups is 1. The Labute approximate surface area is 108 Å². The molecule has 0 radical (unpaired) electrons. The molecule has 0 aliphatic heterocycles. The van der Waals surface area contributed by atoms with E-state index in [0.717, 1.165) is 18.6 Å². The average Bonchev–Trinajstić information content (AvgIpc) is 2.23. The molecule has 0 atom stereocenters. The molecule has 4 nitrogen and oxygen atoms in total. The van der Waals surface area contributed by atoms with Crippen molar-refractivity contribution in [3.63, 3.8) is 0 Å². The molecule has 0 spiro atoms. The topological polar surface area (TPSA) is 66.4 Å². The maximum Gasteiger partial charge on any atom is 0.303 e. The van der Waals surface area contributed by atoms with Crippen LogP contribution in [0, 0.1) is 5.92 Å². The molecular weight excluding hydrogens is 238 g/mol. The van der Waals surface area contributed by atoms with Crippen molar-refractivity contribution in [1.29, 1.82) is 0 Å². The van der Waals surface area contributed by atoms with Crippen LogP contribution >= 0.6 is 11.8 Å². The minimum absolute atomic E-state index is 0.0501. The molecule has 0 unspecified atom stereocenters. The fourth-order valence-electron chi connectivity index (χ4n) is 1.16. The first-order chi connectivity index (χ1) is 8.02. The van der Waals surface area contributed by atoms with Gasteiger partial charge in [0.05, 0.1) is 5.75 Å². The van der Waals surface area contributed by atoms with Gasteiger partial charge in [0.25, 0.3) is 0 Å². The molecule has 0 rings (SSSR count). The molecule has 100 valence electrons. The van der Waals surface area contributed by atoms with Gasteiger partial charge in [-0.25, -0.2) is 0 Å². The lowest BCUT2D eigenvalue weighted by Crippen LogP contribution is -2.26. The summed E-state index contributed by atoms with van der Waals surface area (Å²) in [5, 5.41) is 11.2. The van der Waals surface area contributed by atoms with Gasteiger partial charge in [-0.1, -0.05) is 13.8 Å². The van der Waals surface area contributed by atoms with E-state index < -0.39 is 5.97 Å². The SMILES string of the molecule is CC(C)CCSCC(=O)NCCCCC(=O)O. The van der Waals surface area contributed by atoms with Crippen LogP contribution in [0.5, 0.6) is 0 Å². The summed E-state index contributed by atoms with van der Waals surface area (Å²) < 4.78 is 0. The van der Waals surface area contributed by atoms with Crippen molar-refractivity contribution in [2.45, 2.75) is 39.5 Å². The molecule has 0 bridgehead atoms. The van der Waals surface area contributed by atoms with E-state index in [9.17, 15) is 9.59 Å². The van der Waals surface area contributed by atoms with E-state index in [0.29, 0.717) is 24.6 Å². The lowest BCUT2D eigenvalue weighted by molar-refractivity contribution is -0.137. The number of carbonyl (C=O) groups excluding carboxylic acids is 1. The third-order valence-corrected chi connectivity index (χ3v) is 3.20. The summed E-state index contributed by atoms with van der Waals surface area (Å²) in [6.45, 7) is 4.92. The van der Waals surface area contributed by atoms with Gasteiger partial charge in [-0.15, -0.1) is 0 Å². The van der Waals surface area contributed by atoms with Gasteiger partial charge in [-0.3, -0.25) is 9.59 Å². The van der Waals surface area contributed by atoms with Crippen LogP contribution in [0.4, 0.5) is 0 Å². The zero-order valence-electron chi connectivity index (χ0n) is 10.7. The summed E-state index contributed by atoms with van der Waals surface area (Å²) in [5.41, 5.74) is 0. The molecule has 0 saturated carbocycles. The Balaban J connectivity index is 3.26. The van der Waals surface area contributed by atoms with Crippen LogP contribution in [0.15, 0.2) is 0 Å². The highest BCUT2D eigenvalue weighted by Gasteiger charge is 2.02. The van der Waals surface area contributed by atoms with Crippen LogP contribution in [0.25, 0.3) is 0 Å². The lowest BCUT2D eigenvalue weighted by atomic mass is 10.2. The highest BCUT2D eigenvalue weighted by atomic mass is 32.2. The smallest absolute Gasteiger partial charge is 0.303 e. The van der Waals surface area contributed by atoms with E-state index in [4.69, 9.17) is 5.11 Å². The quantitative estimate of drug-likeness (QED) is 0.591. The van der Waals surface area contributed by atoms with Gasteiger partial charge in [0, 0.05) is 13.0 Å². The van der Waals surface area contributed by atoms with Gasteiger partial charge in [0.1, 0.15) is 0 Å². The van der Waals surface area contributed by atoms with E-state index in [1.165, 1.54) is 0 Å². The van der Waals surface area contributed by atoms with E-state index in [1.807, 2.05) is 0 Å². The van der Waals surface area contributed by atoms with E-state index in [2.05, 4.69) is 19.2 Å². The molecule has 1 amide bonds. The number of carbonyl (C=O) groups is 2. The number of amides is 1. The number of carboxylic acids is 1. The van der Waals surface area contributed by atoms with Crippen molar-refractivity contribution in [3.05, 3.63) is 0 Å². The van der Waals surface area contributed by atoms with Crippen LogP contribution in [0.3, 0.4) is 0 Å². The maximum atomic E-state index is 11.3. The van der Waals surface area contributed by atoms with Gasteiger partial charge >= 0.3 is 5.97 Å². The Kier molecular flexibility index (Phi) is 10.0. The number of carboxylic acid groups (broad SMARTS) is 1. The molecule has 17 heavy (non-hydrogen) atoms. The van der Waals surface area contributed by atoms with Crippen LogP contribution in [0.1, 0.15) is 39.5 Å². The fourth-order valence-corrected chi connectivity index (χ4v) is 2.23. The Morgan fingerprint density at radius 2 is 2.00 bits per heavy atom. The van der Waals surface area contributed by atoms with Crippen LogP contribution < -0.4 is 5.32 Å². The van der Waals surface area contributed by atoms with Crippen LogP contribution in [0.2, 0.25) is 0 Å². The third kappa shape index (κ3) is 13.2. The van der Waals surface area contributed by atoms with Crippen molar-refractivity contribution >= 4 is 23.6 Å². The number of nitrogens with one attached hydrogen (secondary N) is 1. The fraction of sp³-hybridized carbons (Fsp3) is 0.833. The van der Waals surface area contributed by atoms with E-state index >= 15 is 0 Å². The Bertz CT molecular complexity index is 232. The number of hydrogen-bond acceptors (Lipinski definition) is 3. The van der Waals surface area contributed by atoms with E-state index in [-0.39, 0.29) is 12.3 Å². The molecule has 0 aromatic heterocycles. The first-order valence-electron chi connectivity index (χ1n) is 6.08. The largest absolute Gasteiger partial charge is 0.481 e. The molecule has 0 aromatic rings. The molecule has 0 saturated heterocycles. The summed E-state index contributed by atoms with van der Waals surface area (Å²) in [7, 11) is 0. The second kappa shape index (κ2) is 10.4. The molecular formula is C12H23NO3S. The molecule has 2 N–H and O–H groups in total. The highest BCUT2D eigenvalue weighted by molar-refractivity contribution is 7.99. The van der Waals surface area contributed by atoms with Crippen molar-refractivity contribution < 1.29 is 14.7 Å². The molecule has 0 fully saturated rings. The van der Waals surface area contributed by atoms with Gasteiger partial charge < -0.3 is 10.4 Å². The maximum absolute atomic E-state index is 11.3. The van der Waals surface area contributed by atoms with Crippen LogP contribution in [-0.2, 0) is 9.59 Å². The Morgan fingerprint density at radius 1 is 1.29 bits per heavy atom. The first kappa shape index (κ1) is 16.3. The average molecular weight is 261 g/mol.